The molecule has 1 aromatic carbocycles. The number of aliphatic hydroxyl groups excluding tert-OH is 2. The molecule has 0 saturated carbocycles. The highest BCUT2D eigenvalue weighted by molar-refractivity contribution is 5.66. The molecule has 19 heavy (non-hydrogen) atoms. The molecular formula is C13H14N2O4. The Morgan fingerprint density at radius 2 is 1.74 bits per heavy atom. The number of isocyanates is 2. The predicted molar refractivity (Wildman–Crippen MR) is 68.2 cm³/mol. The topological polar surface area (TPSA) is 99.3 Å². The van der Waals surface area contributed by atoms with Crippen LogP contribution in [0.5, 0.6) is 0 Å². The normalized spacial score (nSPS) is 11.3. The number of rotatable bonds is 6. The Labute approximate surface area is 110 Å². The fourth-order valence-electron chi connectivity index (χ4n) is 1.64. The zero-order valence-electron chi connectivity index (χ0n) is 10.5. The van der Waals surface area contributed by atoms with Gasteiger partial charge in [0, 0.05) is 5.56 Å². The summed E-state index contributed by atoms with van der Waals surface area (Å²) in [6.45, 7) is 1.36. The van der Waals surface area contributed by atoms with Gasteiger partial charge in [0.25, 0.3) is 0 Å². The molecule has 100 valence electrons. The number of aliphatic imine (C=N–C) groups is 2. The Morgan fingerprint density at radius 1 is 1.21 bits per heavy atom. The van der Waals surface area contributed by atoms with E-state index in [0.29, 0.717) is 29.8 Å². The van der Waals surface area contributed by atoms with E-state index in [1.54, 1.807) is 19.1 Å². The molecule has 0 fully saturated rings. The second-order valence-electron chi connectivity index (χ2n) is 4.04. The van der Waals surface area contributed by atoms with Gasteiger partial charge in [0.05, 0.1) is 24.1 Å². The molecule has 0 saturated heterocycles. The van der Waals surface area contributed by atoms with Crippen LogP contribution in [0.2, 0.25) is 0 Å². The number of aryl methyl sites for hydroxylation is 1. The minimum atomic E-state index is -0.808. The Balaban J connectivity index is 3.11. The number of nitrogens with zero attached hydrogens (tertiary/aromatic N) is 2. The lowest BCUT2D eigenvalue weighted by Crippen LogP contribution is -2.12. The van der Waals surface area contributed by atoms with Crippen LogP contribution in [-0.2, 0) is 16.0 Å². The lowest BCUT2D eigenvalue weighted by molar-refractivity contribution is 0.0886. The maximum Gasteiger partial charge on any atom is 0.240 e. The van der Waals surface area contributed by atoms with Crippen molar-refractivity contribution in [1.82, 2.24) is 0 Å². The Kier molecular flexibility index (Phi) is 5.79. The molecule has 6 nitrogen and oxygen atoms in total. The molecule has 2 N–H and O–H groups in total. The van der Waals surface area contributed by atoms with Crippen LogP contribution in [0, 0.1) is 6.92 Å². The highest BCUT2D eigenvalue weighted by Crippen LogP contribution is 2.30. The third-order valence-electron chi connectivity index (χ3n) is 2.72. The molecular weight excluding hydrogens is 248 g/mol. The zero-order chi connectivity index (χ0) is 14.3. The highest BCUT2D eigenvalue weighted by Gasteiger charge is 2.09. The van der Waals surface area contributed by atoms with Crippen LogP contribution in [0.4, 0.5) is 11.4 Å². The lowest BCUT2D eigenvalue weighted by Gasteiger charge is -2.09. The van der Waals surface area contributed by atoms with Crippen LogP contribution in [-0.4, -0.2) is 35.1 Å². The Hall–Kier alpha value is -2.10. The molecule has 0 amide bonds. The number of hydrogen-bond donors (Lipinski definition) is 2. The van der Waals surface area contributed by atoms with Crippen LogP contribution >= 0.6 is 0 Å². The predicted octanol–water partition coefficient (Wildman–Crippen LogP) is 1.22. The smallest absolute Gasteiger partial charge is 0.240 e. The van der Waals surface area contributed by atoms with Crippen LogP contribution in [0.1, 0.15) is 17.5 Å². The maximum absolute atomic E-state index is 10.3. The van der Waals surface area contributed by atoms with Crippen molar-refractivity contribution in [3.05, 3.63) is 23.3 Å². The zero-order valence-corrected chi connectivity index (χ0v) is 10.5. The number of benzene rings is 1. The van der Waals surface area contributed by atoms with Gasteiger partial charge in [0.15, 0.2) is 0 Å². The van der Waals surface area contributed by atoms with E-state index in [1.165, 1.54) is 12.2 Å². The van der Waals surface area contributed by atoms with Crippen molar-refractivity contribution in [2.45, 2.75) is 25.9 Å². The first-order valence-electron chi connectivity index (χ1n) is 5.70. The summed E-state index contributed by atoms with van der Waals surface area (Å²) in [5.41, 5.74) is 2.08. The molecule has 0 aliphatic heterocycles. The summed E-state index contributed by atoms with van der Waals surface area (Å²) in [4.78, 5) is 27.8. The van der Waals surface area contributed by atoms with Gasteiger partial charge in [-0.25, -0.2) is 9.59 Å². The number of carbonyl (C=O) groups excluding carboxylic acids is 2. The minimum absolute atomic E-state index is 0.315. The van der Waals surface area contributed by atoms with Crippen molar-refractivity contribution >= 4 is 23.5 Å². The van der Waals surface area contributed by atoms with Gasteiger partial charge in [-0.05, 0) is 37.5 Å². The van der Waals surface area contributed by atoms with E-state index in [9.17, 15) is 14.7 Å². The summed E-state index contributed by atoms with van der Waals surface area (Å²) in [5.74, 6) is 0. The van der Waals surface area contributed by atoms with E-state index in [-0.39, 0.29) is 6.61 Å². The van der Waals surface area contributed by atoms with Gasteiger partial charge >= 0.3 is 0 Å². The van der Waals surface area contributed by atoms with Crippen molar-refractivity contribution in [2.24, 2.45) is 9.98 Å². The van der Waals surface area contributed by atoms with Crippen molar-refractivity contribution < 1.29 is 19.8 Å². The van der Waals surface area contributed by atoms with Gasteiger partial charge in [-0.1, -0.05) is 0 Å². The third-order valence-corrected chi connectivity index (χ3v) is 2.72. The van der Waals surface area contributed by atoms with E-state index in [1.807, 2.05) is 0 Å². The SMILES string of the molecule is Cc1c(N=C=O)cc(CCC(O)CO)cc1N=C=O. The van der Waals surface area contributed by atoms with Gasteiger partial charge in [0.1, 0.15) is 0 Å². The average Bonchev–Trinajstić information content (AvgIpc) is 2.41. The van der Waals surface area contributed by atoms with Crippen LogP contribution in [0.15, 0.2) is 22.1 Å². The molecule has 0 aromatic heterocycles. The monoisotopic (exact) mass is 262 g/mol. The molecule has 0 spiro atoms. The second kappa shape index (κ2) is 7.36. The van der Waals surface area contributed by atoms with E-state index in [4.69, 9.17) is 5.11 Å². The molecule has 0 radical (unpaired) electrons. The van der Waals surface area contributed by atoms with Gasteiger partial charge < -0.3 is 10.2 Å². The third kappa shape index (κ3) is 4.25. The first-order valence-corrected chi connectivity index (χ1v) is 5.70. The van der Waals surface area contributed by atoms with E-state index < -0.39 is 6.10 Å². The van der Waals surface area contributed by atoms with Crippen molar-refractivity contribution in [3.8, 4) is 0 Å². The Bertz CT molecular complexity index is 505. The largest absolute Gasteiger partial charge is 0.394 e. The summed E-state index contributed by atoms with van der Waals surface area (Å²) in [6, 6.07) is 3.32. The highest BCUT2D eigenvalue weighted by atomic mass is 16.3. The van der Waals surface area contributed by atoms with Crippen molar-refractivity contribution in [1.29, 1.82) is 0 Å². The maximum atomic E-state index is 10.3. The second-order valence-corrected chi connectivity index (χ2v) is 4.04. The molecule has 0 heterocycles. The van der Waals surface area contributed by atoms with Crippen LogP contribution < -0.4 is 0 Å². The summed E-state index contributed by atoms with van der Waals surface area (Å²) in [6.07, 6.45) is 2.90. The minimum Gasteiger partial charge on any atom is -0.394 e. The van der Waals surface area contributed by atoms with E-state index in [0.717, 1.165) is 5.56 Å². The average molecular weight is 262 g/mol. The molecule has 1 atom stereocenters. The molecule has 6 heteroatoms. The van der Waals surface area contributed by atoms with Gasteiger partial charge in [-0.15, -0.1) is 0 Å². The summed E-state index contributed by atoms with van der Waals surface area (Å²) >= 11 is 0. The summed E-state index contributed by atoms with van der Waals surface area (Å²) in [5, 5.41) is 18.0. The van der Waals surface area contributed by atoms with Crippen LogP contribution in [0.3, 0.4) is 0 Å². The standard InChI is InChI=1S/C13H14N2O4/c1-9-12(14-7-17)4-10(2-3-11(19)6-16)5-13(9)15-8-18/h4-5,11,16,19H,2-3,6H2,1H3. The van der Waals surface area contributed by atoms with Gasteiger partial charge in [-0.3, -0.25) is 0 Å². The molecule has 0 aliphatic carbocycles. The van der Waals surface area contributed by atoms with E-state index >= 15 is 0 Å². The lowest BCUT2D eigenvalue weighted by atomic mass is 10.0. The Morgan fingerprint density at radius 3 is 2.16 bits per heavy atom. The number of aliphatic hydroxyl groups is 2. The molecule has 1 rings (SSSR count). The first-order chi connectivity index (χ1) is 9.12. The molecule has 1 aromatic rings. The molecule has 0 aliphatic rings. The fourth-order valence-corrected chi connectivity index (χ4v) is 1.64. The molecule has 1 unspecified atom stereocenters. The van der Waals surface area contributed by atoms with Gasteiger partial charge in [-0.2, -0.15) is 9.98 Å². The quantitative estimate of drug-likeness (QED) is 0.594. The van der Waals surface area contributed by atoms with Gasteiger partial charge in [0.2, 0.25) is 12.2 Å². The summed E-state index contributed by atoms with van der Waals surface area (Å²) in [7, 11) is 0. The van der Waals surface area contributed by atoms with Crippen LogP contribution in [0.25, 0.3) is 0 Å². The molecule has 0 bridgehead atoms. The number of hydrogen-bond acceptors (Lipinski definition) is 6. The van der Waals surface area contributed by atoms with Crippen molar-refractivity contribution in [3.63, 3.8) is 0 Å². The summed E-state index contributed by atoms with van der Waals surface area (Å²) < 4.78 is 0. The fraction of sp³-hybridized carbons (Fsp3) is 0.385. The van der Waals surface area contributed by atoms with Crippen molar-refractivity contribution in [2.75, 3.05) is 6.61 Å². The first kappa shape index (κ1) is 15.0. The van der Waals surface area contributed by atoms with E-state index in [2.05, 4.69) is 9.98 Å².